The fourth-order valence-electron chi connectivity index (χ4n) is 3.92. The van der Waals surface area contributed by atoms with Crippen molar-refractivity contribution in [3.05, 3.63) is 18.2 Å². The Morgan fingerprint density at radius 2 is 2.00 bits per heavy atom. The van der Waals surface area contributed by atoms with Crippen LogP contribution in [-0.2, 0) is 14.3 Å². The number of carbonyl (C=O) groups excluding carboxylic acids is 2. The van der Waals surface area contributed by atoms with Crippen molar-refractivity contribution >= 4 is 23.2 Å². The first-order valence-corrected chi connectivity index (χ1v) is 10.2. The zero-order chi connectivity index (χ0) is 21.3. The molecule has 1 aromatic carbocycles. The van der Waals surface area contributed by atoms with E-state index in [0.717, 1.165) is 25.7 Å². The predicted octanol–water partition coefficient (Wildman–Crippen LogP) is 1.54. The Morgan fingerprint density at radius 3 is 2.57 bits per heavy atom. The smallest absolute Gasteiger partial charge is 0.387 e. The molecule has 3 aliphatic rings. The molecule has 1 heterocycles. The zero-order valence-corrected chi connectivity index (χ0v) is 16.6. The molecular weight excluding hydrogens is 398 g/mol. The Bertz CT molecular complexity index is 789. The van der Waals surface area contributed by atoms with Crippen LogP contribution >= 0.6 is 0 Å². The van der Waals surface area contributed by atoms with Crippen molar-refractivity contribution in [1.29, 1.82) is 0 Å². The third-order valence-electron chi connectivity index (χ3n) is 5.54. The van der Waals surface area contributed by atoms with Crippen LogP contribution in [0, 0.1) is 0 Å². The van der Waals surface area contributed by atoms with E-state index in [4.69, 9.17) is 10.5 Å². The topological polar surface area (TPSA) is 97.1 Å². The Hall–Kier alpha value is -2.30. The second-order valence-electron chi connectivity index (χ2n) is 7.81. The van der Waals surface area contributed by atoms with Crippen molar-refractivity contribution in [2.24, 2.45) is 5.73 Å². The molecule has 0 unspecified atom stereocenters. The fraction of sp³-hybridized carbons (Fsp3) is 0.600. The fourth-order valence-corrected chi connectivity index (χ4v) is 3.92. The van der Waals surface area contributed by atoms with Gasteiger partial charge in [0.25, 0.3) is 5.91 Å². The van der Waals surface area contributed by atoms with Crippen molar-refractivity contribution in [1.82, 2.24) is 4.90 Å². The van der Waals surface area contributed by atoms with Gasteiger partial charge >= 0.3 is 6.61 Å². The second-order valence-corrected chi connectivity index (χ2v) is 7.81. The minimum atomic E-state index is -3.07. The highest BCUT2D eigenvalue weighted by atomic mass is 19.3. The van der Waals surface area contributed by atoms with Gasteiger partial charge in [-0.15, -0.1) is 0 Å². The van der Waals surface area contributed by atoms with Crippen LogP contribution in [0.5, 0.6) is 5.75 Å². The first-order valence-electron chi connectivity index (χ1n) is 10.2. The Morgan fingerprint density at radius 1 is 1.30 bits per heavy atom. The van der Waals surface area contributed by atoms with E-state index in [1.54, 1.807) is 6.07 Å². The molecule has 8 nitrogen and oxygen atoms in total. The number of ether oxygens (including phenoxy) is 2. The van der Waals surface area contributed by atoms with E-state index in [1.807, 2.05) is 0 Å². The summed E-state index contributed by atoms with van der Waals surface area (Å²) in [5, 5.41) is 2.78. The highest BCUT2D eigenvalue weighted by Gasteiger charge is 2.44. The molecular formula is C20H26F2N4O4. The summed E-state index contributed by atoms with van der Waals surface area (Å²) in [7, 11) is 0. The summed E-state index contributed by atoms with van der Waals surface area (Å²) < 4.78 is 35.7. The number of hydrogen-bond acceptors (Lipinski definition) is 6. The minimum Gasteiger partial charge on any atom is -0.433 e. The van der Waals surface area contributed by atoms with Gasteiger partial charge in [0.15, 0.2) is 5.75 Å². The van der Waals surface area contributed by atoms with Gasteiger partial charge in [-0.3, -0.25) is 14.5 Å². The standard InChI is InChI=1S/C20H26F2N4O4/c21-20(22)30-17-9-12(1-6-15(17)25-7-8-29-11-18(25)27)24-19(28)16(10-23)26(13-2-3-13)14-4-5-14/h1,6,9,13-14,16,20H,2-5,7-8,10-11,23H2,(H,24,28)/t16-/m0/s1. The van der Waals surface area contributed by atoms with Crippen LogP contribution in [0.25, 0.3) is 0 Å². The number of benzene rings is 1. The van der Waals surface area contributed by atoms with Crippen LogP contribution in [-0.4, -0.2) is 67.8 Å². The van der Waals surface area contributed by atoms with Crippen LogP contribution in [0.2, 0.25) is 0 Å². The first-order chi connectivity index (χ1) is 14.5. The molecule has 164 valence electrons. The van der Waals surface area contributed by atoms with Crippen LogP contribution in [0.4, 0.5) is 20.2 Å². The maximum atomic E-state index is 13.0. The normalized spacial score (nSPS) is 20.6. The van der Waals surface area contributed by atoms with E-state index < -0.39 is 12.7 Å². The van der Waals surface area contributed by atoms with Crippen molar-refractivity contribution in [2.45, 2.75) is 50.4 Å². The van der Waals surface area contributed by atoms with E-state index in [-0.39, 0.29) is 42.9 Å². The lowest BCUT2D eigenvalue weighted by atomic mass is 10.2. The van der Waals surface area contributed by atoms with Gasteiger partial charge in [-0.05, 0) is 37.8 Å². The molecule has 3 N–H and O–H groups in total. The number of carbonyl (C=O) groups is 2. The number of alkyl halides is 2. The van der Waals surface area contributed by atoms with Crippen LogP contribution in [0.15, 0.2) is 18.2 Å². The van der Waals surface area contributed by atoms with Crippen LogP contribution < -0.4 is 20.7 Å². The maximum absolute atomic E-state index is 13.0. The molecule has 1 aliphatic heterocycles. The Labute approximate surface area is 173 Å². The highest BCUT2D eigenvalue weighted by Crippen LogP contribution is 2.39. The minimum absolute atomic E-state index is 0.122. The number of morpholine rings is 1. The number of nitrogens with two attached hydrogens (primary N) is 1. The molecule has 0 aromatic heterocycles. The van der Waals surface area contributed by atoms with Gasteiger partial charge in [0.2, 0.25) is 5.91 Å². The average Bonchev–Trinajstić information content (AvgIpc) is 3.61. The third kappa shape index (κ3) is 4.71. The maximum Gasteiger partial charge on any atom is 0.387 e. The van der Waals surface area contributed by atoms with Gasteiger partial charge < -0.3 is 25.4 Å². The first kappa shape index (κ1) is 21.0. The van der Waals surface area contributed by atoms with Gasteiger partial charge in [-0.25, -0.2) is 0 Å². The number of halogens is 2. The lowest BCUT2D eigenvalue weighted by Gasteiger charge is -2.30. The molecule has 1 aromatic rings. The van der Waals surface area contributed by atoms with Crippen LogP contribution in [0.3, 0.4) is 0 Å². The number of nitrogens with zero attached hydrogens (tertiary/aromatic N) is 2. The van der Waals surface area contributed by atoms with Crippen molar-refractivity contribution in [3.63, 3.8) is 0 Å². The lowest BCUT2D eigenvalue weighted by molar-refractivity contribution is -0.126. The molecule has 0 spiro atoms. The molecule has 10 heteroatoms. The quantitative estimate of drug-likeness (QED) is 0.624. The van der Waals surface area contributed by atoms with Gasteiger partial charge in [-0.2, -0.15) is 8.78 Å². The van der Waals surface area contributed by atoms with E-state index in [0.29, 0.717) is 24.4 Å². The molecule has 30 heavy (non-hydrogen) atoms. The van der Waals surface area contributed by atoms with Gasteiger partial charge in [0.1, 0.15) is 12.6 Å². The zero-order valence-electron chi connectivity index (χ0n) is 16.6. The third-order valence-corrected chi connectivity index (χ3v) is 5.54. The molecule has 4 rings (SSSR count). The summed E-state index contributed by atoms with van der Waals surface area (Å²) in [4.78, 5) is 28.6. The van der Waals surface area contributed by atoms with E-state index in [2.05, 4.69) is 15.0 Å². The van der Waals surface area contributed by atoms with Gasteiger partial charge in [-0.1, -0.05) is 0 Å². The van der Waals surface area contributed by atoms with E-state index in [1.165, 1.54) is 17.0 Å². The largest absolute Gasteiger partial charge is 0.433 e. The molecule has 2 amide bonds. The van der Waals surface area contributed by atoms with E-state index >= 15 is 0 Å². The molecule has 2 saturated carbocycles. The summed E-state index contributed by atoms with van der Waals surface area (Å²) in [6.07, 6.45) is 4.26. The number of amides is 2. The van der Waals surface area contributed by atoms with Crippen molar-refractivity contribution in [2.75, 3.05) is 36.5 Å². The summed E-state index contributed by atoms with van der Waals surface area (Å²) in [6.45, 7) is -2.48. The summed E-state index contributed by atoms with van der Waals surface area (Å²) in [5.74, 6) is -0.789. The summed E-state index contributed by atoms with van der Waals surface area (Å²) in [5.41, 5.74) is 6.44. The number of nitrogens with one attached hydrogen (secondary N) is 1. The van der Waals surface area contributed by atoms with Crippen molar-refractivity contribution in [3.8, 4) is 5.75 Å². The summed E-state index contributed by atoms with van der Waals surface area (Å²) in [6, 6.07) is 4.70. The SMILES string of the molecule is NC[C@@H](C(=O)Nc1ccc(N2CCOCC2=O)c(OC(F)F)c1)N(C1CC1)C1CC1. The molecule has 0 radical (unpaired) electrons. The number of anilines is 2. The average molecular weight is 424 g/mol. The predicted molar refractivity (Wildman–Crippen MR) is 106 cm³/mol. The summed E-state index contributed by atoms with van der Waals surface area (Å²) >= 11 is 0. The highest BCUT2D eigenvalue weighted by molar-refractivity contribution is 5.98. The second kappa shape index (κ2) is 8.83. The lowest BCUT2D eigenvalue weighted by Crippen LogP contribution is -2.50. The van der Waals surface area contributed by atoms with Crippen molar-refractivity contribution < 1.29 is 27.8 Å². The molecule has 1 saturated heterocycles. The molecule has 2 aliphatic carbocycles. The molecule has 1 atom stereocenters. The van der Waals surface area contributed by atoms with Gasteiger partial charge in [0.05, 0.1) is 12.3 Å². The number of hydrogen-bond donors (Lipinski definition) is 2. The van der Waals surface area contributed by atoms with E-state index in [9.17, 15) is 18.4 Å². The monoisotopic (exact) mass is 424 g/mol. The Kier molecular flexibility index (Phi) is 6.16. The Balaban J connectivity index is 1.53. The van der Waals surface area contributed by atoms with Gasteiger partial charge in [0, 0.05) is 36.9 Å². The van der Waals surface area contributed by atoms with Crippen LogP contribution in [0.1, 0.15) is 25.7 Å². The molecule has 3 fully saturated rings. The number of rotatable bonds is 9. The molecule has 0 bridgehead atoms.